The first-order valence-electron chi connectivity index (χ1n) is 7.43. The standard InChI is InChI=1S/C16H19NO5/c1-16(15(19)20)5-2-6-17(16)14(18)10-11-3-4-12-13(9-11)22-8-7-21-12/h3-4,9H,2,5-8,10H2,1H3,(H,19,20). The fourth-order valence-corrected chi connectivity index (χ4v) is 3.05. The van der Waals surface area contributed by atoms with Gasteiger partial charge in [-0.3, -0.25) is 4.79 Å². The maximum atomic E-state index is 12.5. The number of likely N-dealkylation sites (tertiary alicyclic amines) is 1. The van der Waals surface area contributed by atoms with Crippen LogP contribution in [0, 0.1) is 0 Å². The van der Waals surface area contributed by atoms with Gasteiger partial charge in [0.25, 0.3) is 0 Å². The number of carbonyl (C=O) groups is 2. The Hall–Kier alpha value is -2.24. The van der Waals surface area contributed by atoms with Crippen LogP contribution >= 0.6 is 0 Å². The van der Waals surface area contributed by atoms with Crippen molar-refractivity contribution in [2.75, 3.05) is 19.8 Å². The Morgan fingerprint density at radius 3 is 2.73 bits per heavy atom. The first-order valence-corrected chi connectivity index (χ1v) is 7.43. The minimum atomic E-state index is -1.09. The highest BCUT2D eigenvalue weighted by Crippen LogP contribution is 2.33. The number of carboxylic acids is 1. The Balaban J connectivity index is 1.75. The van der Waals surface area contributed by atoms with Crippen molar-refractivity contribution in [3.8, 4) is 11.5 Å². The molecule has 1 N–H and O–H groups in total. The SMILES string of the molecule is CC1(C(=O)O)CCCN1C(=O)Cc1ccc2c(c1)OCCO2. The quantitative estimate of drug-likeness (QED) is 0.915. The molecule has 3 rings (SSSR count). The molecule has 0 bridgehead atoms. The molecule has 1 unspecified atom stereocenters. The van der Waals surface area contributed by atoms with Gasteiger partial charge in [0.15, 0.2) is 11.5 Å². The predicted octanol–water partition coefficient (Wildman–Crippen LogP) is 1.47. The van der Waals surface area contributed by atoms with E-state index in [0.29, 0.717) is 37.7 Å². The van der Waals surface area contributed by atoms with E-state index in [9.17, 15) is 14.7 Å². The monoisotopic (exact) mass is 305 g/mol. The van der Waals surface area contributed by atoms with Crippen molar-refractivity contribution in [3.63, 3.8) is 0 Å². The number of amides is 1. The first kappa shape index (κ1) is 14.7. The average Bonchev–Trinajstić information content (AvgIpc) is 2.90. The van der Waals surface area contributed by atoms with E-state index in [1.807, 2.05) is 6.07 Å². The molecular formula is C16H19NO5. The molecule has 1 fully saturated rings. The zero-order valence-electron chi connectivity index (χ0n) is 12.5. The number of ether oxygens (including phenoxy) is 2. The second-order valence-corrected chi connectivity index (χ2v) is 5.88. The molecule has 2 aliphatic heterocycles. The molecule has 22 heavy (non-hydrogen) atoms. The minimum absolute atomic E-state index is 0.166. The van der Waals surface area contributed by atoms with Gasteiger partial charge in [-0.1, -0.05) is 6.07 Å². The van der Waals surface area contributed by atoms with Gasteiger partial charge in [0.05, 0.1) is 6.42 Å². The Kier molecular flexibility index (Phi) is 3.68. The molecule has 2 aliphatic rings. The van der Waals surface area contributed by atoms with Gasteiger partial charge in [-0.25, -0.2) is 4.79 Å². The molecule has 6 heteroatoms. The van der Waals surface area contributed by atoms with Crippen LogP contribution < -0.4 is 9.47 Å². The van der Waals surface area contributed by atoms with Crippen molar-refractivity contribution in [3.05, 3.63) is 23.8 Å². The molecule has 0 radical (unpaired) electrons. The summed E-state index contributed by atoms with van der Waals surface area (Å²) in [6.45, 7) is 3.12. The van der Waals surface area contributed by atoms with Crippen LogP contribution in [0.4, 0.5) is 0 Å². The Bertz CT molecular complexity index is 615. The zero-order valence-corrected chi connectivity index (χ0v) is 12.5. The maximum absolute atomic E-state index is 12.5. The van der Waals surface area contributed by atoms with Crippen molar-refractivity contribution in [2.24, 2.45) is 0 Å². The number of fused-ring (bicyclic) bond motifs is 1. The predicted molar refractivity (Wildman–Crippen MR) is 78.1 cm³/mol. The fourth-order valence-electron chi connectivity index (χ4n) is 3.05. The summed E-state index contributed by atoms with van der Waals surface area (Å²) in [6.07, 6.45) is 1.38. The summed E-state index contributed by atoms with van der Waals surface area (Å²) in [5.41, 5.74) is -0.292. The number of hydrogen-bond donors (Lipinski definition) is 1. The first-order chi connectivity index (χ1) is 10.5. The van der Waals surface area contributed by atoms with Gasteiger partial charge in [-0.05, 0) is 37.5 Å². The normalized spacial score (nSPS) is 23.4. The van der Waals surface area contributed by atoms with Crippen molar-refractivity contribution in [1.82, 2.24) is 4.90 Å². The van der Waals surface area contributed by atoms with E-state index in [0.717, 1.165) is 12.0 Å². The minimum Gasteiger partial charge on any atom is -0.486 e. The topological polar surface area (TPSA) is 76.1 Å². The molecule has 1 saturated heterocycles. The van der Waals surface area contributed by atoms with Crippen molar-refractivity contribution in [2.45, 2.75) is 31.7 Å². The molecule has 0 saturated carbocycles. The van der Waals surface area contributed by atoms with Crippen LogP contribution in [-0.2, 0) is 16.0 Å². The van der Waals surface area contributed by atoms with Gasteiger partial charge in [0.2, 0.25) is 5.91 Å². The number of rotatable bonds is 3. The third-order valence-electron chi connectivity index (χ3n) is 4.36. The number of benzene rings is 1. The molecule has 0 aromatic heterocycles. The third kappa shape index (κ3) is 2.49. The highest BCUT2D eigenvalue weighted by molar-refractivity contribution is 5.88. The largest absolute Gasteiger partial charge is 0.486 e. The van der Waals surface area contributed by atoms with Crippen LogP contribution in [0.5, 0.6) is 11.5 Å². The molecule has 0 spiro atoms. The summed E-state index contributed by atoms with van der Waals surface area (Å²) < 4.78 is 11.0. The number of carbonyl (C=O) groups excluding carboxylic acids is 1. The van der Waals surface area contributed by atoms with Crippen LogP contribution in [0.2, 0.25) is 0 Å². The zero-order chi connectivity index (χ0) is 15.7. The molecule has 1 aromatic rings. The van der Waals surface area contributed by atoms with E-state index in [1.54, 1.807) is 19.1 Å². The Morgan fingerprint density at radius 1 is 1.27 bits per heavy atom. The smallest absolute Gasteiger partial charge is 0.329 e. The molecule has 1 aromatic carbocycles. The summed E-state index contributed by atoms with van der Waals surface area (Å²) >= 11 is 0. The molecule has 118 valence electrons. The second-order valence-electron chi connectivity index (χ2n) is 5.88. The van der Waals surface area contributed by atoms with Crippen LogP contribution in [0.15, 0.2) is 18.2 Å². The summed E-state index contributed by atoms with van der Waals surface area (Å²) in [6, 6.07) is 5.40. The summed E-state index contributed by atoms with van der Waals surface area (Å²) in [5, 5.41) is 9.39. The van der Waals surface area contributed by atoms with Crippen LogP contribution in [-0.4, -0.2) is 47.2 Å². The van der Waals surface area contributed by atoms with E-state index in [1.165, 1.54) is 4.90 Å². The highest BCUT2D eigenvalue weighted by atomic mass is 16.6. The van der Waals surface area contributed by atoms with E-state index in [4.69, 9.17) is 9.47 Å². The summed E-state index contributed by atoms with van der Waals surface area (Å²) in [4.78, 5) is 25.4. The van der Waals surface area contributed by atoms with Crippen LogP contribution in [0.25, 0.3) is 0 Å². The fraction of sp³-hybridized carbons (Fsp3) is 0.500. The van der Waals surface area contributed by atoms with E-state index < -0.39 is 11.5 Å². The van der Waals surface area contributed by atoms with Gasteiger partial charge < -0.3 is 19.5 Å². The molecule has 1 atom stereocenters. The number of hydrogen-bond acceptors (Lipinski definition) is 4. The number of carboxylic acid groups (broad SMARTS) is 1. The maximum Gasteiger partial charge on any atom is 0.329 e. The van der Waals surface area contributed by atoms with Crippen molar-refractivity contribution < 1.29 is 24.2 Å². The lowest BCUT2D eigenvalue weighted by molar-refractivity contribution is -0.155. The lowest BCUT2D eigenvalue weighted by Crippen LogP contribution is -2.51. The van der Waals surface area contributed by atoms with Gasteiger partial charge >= 0.3 is 5.97 Å². The van der Waals surface area contributed by atoms with Gasteiger partial charge in [-0.15, -0.1) is 0 Å². The molecule has 0 aliphatic carbocycles. The van der Waals surface area contributed by atoms with E-state index in [-0.39, 0.29) is 12.3 Å². The number of aliphatic carboxylic acids is 1. The highest BCUT2D eigenvalue weighted by Gasteiger charge is 2.45. The molecular weight excluding hydrogens is 286 g/mol. The van der Waals surface area contributed by atoms with Crippen LogP contribution in [0.3, 0.4) is 0 Å². The van der Waals surface area contributed by atoms with Crippen molar-refractivity contribution in [1.29, 1.82) is 0 Å². The molecule has 1 amide bonds. The Labute approximate surface area is 128 Å². The summed E-state index contributed by atoms with van der Waals surface area (Å²) in [7, 11) is 0. The average molecular weight is 305 g/mol. The van der Waals surface area contributed by atoms with Gasteiger partial charge in [0.1, 0.15) is 18.8 Å². The van der Waals surface area contributed by atoms with Crippen LogP contribution in [0.1, 0.15) is 25.3 Å². The molecule has 6 nitrogen and oxygen atoms in total. The second kappa shape index (κ2) is 5.51. The lowest BCUT2D eigenvalue weighted by Gasteiger charge is -2.31. The van der Waals surface area contributed by atoms with E-state index in [2.05, 4.69) is 0 Å². The molecule has 2 heterocycles. The summed E-state index contributed by atoms with van der Waals surface area (Å²) in [5.74, 6) is 0.206. The Morgan fingerprint density at radius 2 is 2.00 bits per heavy atom. The van der Waals surface area contributed by atoms with E-state index >= 15 is 0 Å². The lowest BCUT2D eigenvalue weighted by atomic mass is 9.98. The third-order valence-corrected chi connectivity index (χ3v) is 4.36. The number of nitrogens with zero attached hydrogens (tertiary/aromatic N) is 1. The van der Waals surface area contributed by atoms with Gasteiger partial charge in [-0.2, -0.15) is 0 Å². The van der Waals surface area contributed by atoms with Crippen molar-refractivity contribution >= 4 is 11.9 Å². The van der Waals surface area contributed by atoms with Gasteiger partial charge in [0, 0.05) is 6.54 Å².